The predicted octanol–water partition coefficient (Wildman–Crippen LogP) is -0.0610. The van der Waals surface area contributed by atoms with E-state index in [2.05, 4.69) is 94.3 Å². The van der Waals surface area contributed by atoms with E-state index in [0.717, 1.165) is 17.0 Å². The molecule has 2 aromatic rings. The predicted molar refractivity (Wildman–Crippen MR) is 165 cm³/mol. The Balaban J connectivity index is 0.00000323. The Labute approximate surface area is 280 Å². The third-order valence-corrected chi connectivity index (χ3v) is 10.2. The van der Waals surface area contributed by atoms with Crippen LogP contribution in [0.1, 0.15) is 76.9 Å². The van der Waals surface area contributed by atoms with Crippen LogP contribution in [0.5, 0.6) is 0 Å². The van der Waals surface area contributed by atoms with Crippen LogP contribution in [0.3, 0.4) is 0 Å². The second kappa shape index (κ2) is 14.4. The van der Waals surface area contributed by atoms with Crippen molar-refractivity contribution in [2.24, 2.45) is 0 Å². The molecule has 2 atom stereocenters. The molecule has 0 aromatic heterocycles. The van der Waals surface area contributed by atoms with Crippen molar-refractivity contribution >= 4 is 14.6 Å². The van der Waals surface area contributed by atoms with Crippen LogP contribution in [0.2, 0.25) is 0 Å². The van der Waals surface area contributed by atoms with Gasteiger partial charge in [-0.15, -0.1) is 0 Å². The Bertz CT molecular complexity index is 1500. The van der Waals surface area contributed by atoms with Crippen molar-refractivity contribution in [3.8, 4) is 0 Å². The van der Waals surface area contributed by atoms with Gasteiger partial charge in [-0.3, -0.25) is 0 Å². The number of nitrogens with one attached hydrogen (secondary N) is 2. The Morgan fingerprint density at radius 2 is 1.28 bits per heavy atom. The molecule has 2 unspecified atom stereocenters. The maximum absolute atomic E-state index is 13.4. The monoisotopic (exact) mass is 733 g/mol. The molecule has 6 nitrogen and oxygen atoms in total. The summed E-state index contributed by atoms with van der Waals surface area (Å²) in [6.45, 7) is 16.9. The standard InChI is InChI=1S/C33H43N3O3S.2ClH.Ru/c1-18(2)39-32-25(9)16-26(40(37,38)36(10)11)17-27(32)33-34-30(28-21(5)12-19(3)13-22(28)6)31(35-33)29-23(7)14-20(4)15-24(29)8;;;/h9,12-16,18,30-31,34-35H,17H2,1-8,10-11H3;2*1H;/q;;;+2/p-2. The molecule has 2 N–H and O–H groups in total. The molecular formula is C33H43Cl2N3O3RuS. The van der Waals surface area contributed by atoms with Gasteiger partial charge in [-0.2, -0.15) is 0 Å². The van der Waals surface area contributed by atoms with Gasteiger partial charge in [0.15, 0.2) is 0 Å². The second-order valence-electron chi connectivity index (χ2n) is 11.9. The zero-order valence-corrected chi connectivity index (χ0v) is 30.7. The summed E-state index contributed by atoms with van der Waals surface area (Å²) in [5.41, 5.74) is 11.5. The van der Waals surface area contributed by atoms with Crippen LogP contribution in [0.25, 0.3) is 0 Å². The van der Waals surface area contributed by atoms with Gasteiger partial charge in [0.05, 0.1) is 0 Å². The van der Waals surface area contributed by atoms with Gasteiger partial charge in [0, 0.05) is 0 Å². The number of aryl methyl sites for hydroxylation is 6. The van der Waals surface area contributed by atoms with Gasteiger partial charge in [0.2, 0.25) is 0 Å². The molecule has 2 aromatic carbocycles. The fourth-order valence-electron chi connectivity index (χ4n) is 6.31. The minimum Gasteiger partial charge on any atom is -1.00 e. The first-order valence-corrected chi connectivity index (χ1v) is 16.5. The number of sulfonamides is 1. The van der Waals surface area contributed by atoms with E-state index in [9.17, 15) is 8.42 Å². The van der Waals surface area contributed by atoms with Gasteiger partial charge in [-0.1, -0.05) is 0 Å². The SMILES string of the molecule is Cc1cc(C)c(C2NC(=C3CC(S(=O)(=O)N(C)C)=CC([CH]=[Ru+2])=C3OC(C)C)NC2c2c(C)cc(C)cc2C)c(C)c1.[Cl-].[Cl-]. The van der Waals surface area contributed by atoms with Crippen molar-refractivity contribution in [1.29, 1.82) is 0 Å². The molecule has 1 saturated heterocycles. The summed E-state index contributed by atoms with van der Waals surface area (Å²) >= 11 is 2.50. The van der Waals surface area contributed by atoms with E-state index >= 15 is 0 Å². The van der Waals surface area contributed by atoms with Gasteiger partial charge in [0.25, 0.3) is 0 Å². The Hall–Kier alpha value is -1.96. The average molecular weight is 734 g/mol. The summed E-state index contributed by atoms with van der Waals surface area (Å²) in [5.74, 6) is 1.50. The molecule has 236 valence electrons. The number of allylic oxidation sites excluding steroid dienone is 4. The van der Waals surface area contributed by atoms with Crippen LogP contribution < -0.4 is 35.4 Å². The summed E-state index contributed by atoms with van der Waals surface area (Å²) in [5, 5.41) is 7.69. The van der Waals surface area contributed by atoms with Crippen molar-refractivity contribution in [2.75, 3.05) is 14.1 Å². The number of halogens is 2. The molecule has 0 amide bonds. The average Bonchev–Trinajstić information content (AvgIpc) is 3.26. The van der Waals surface area contributed by atoms with Crippen LogP contribution in [0.4, 0.5) is 0 Å². The Kier molecular flexibility index (Phi) is 12.5. The molecule has 0 radical (unpaired) electrons. The van der Waals surface area contributed by atoms with Crippen LogP contribution >= 0.6 is 0 Å². The van der Waals surface area contributed by atoms with Crippen molar-refractivity contribution in [1.82, 2.24) is 14.9 Å². The first-order chi connectivity index (χ1) is 19.1. The second-order valence-corrected chi connectivity index (χ2v) is 14.6. The zero-order chi connectivity index (χ0) is 30.4. The van der Waals surface area contributed by atoms with Crippen molar-refractivity contribution in [3.05, 3.63) is 102 Å². The molecule has 4 rings (SSSR count). The largest absolute Gasteiger partial charge is 1.00 e. The van der Waals surface area contributed by atoms with Crippen LogP contribution in [0.15, 0.2) is 58.0 Å². The Morgan fingerprint density at radius 3 is 1.63 bits per heavy atom. The normalized spacial score (nSPS) is 18.6. The summed E-state index contributed by atoms with van der Waals surface area (Å²) in [7, 11) is -0.495. The molecule has 1 aliphatic heterocycles. The van der Waals surface area contributed by atoms with E-state index in [1.54, 1.807) is 20.2 Å². The molecule has 10 heteroatoms. The number of hydrogen-bond donors (Lipinski definition) is 2. The first-order valence-electron chi connectivity index (χ1n) is 14.0. The number of rotatable bonds is 7. The number of benzene rings is 2. The van der Waals surface area contributed by atoms with E-state index in [4.69, 9.17) is 4.74 Å². The van der Waals surface area contributed by atoms with Crippen molar-refractivity contribution in [3.63, 3.8) is 0 Å². The number of ether oxygens (including phenoxy) is 1. The van der Waals surface area contributed by atoms with E-state index < -0.39 is 10.0 Å². The molecule has 1 fully saturated rings. The van der Waals surface area contributed by atoms with E-state index in [1.165, 1.54) is 48.8 Å². The van der Waals surface area contributed by atoms with Gasteiger partial charge in [-0.25, -0.2) is 0 Å². The van der Waals surface area contributed by atoms with Crippen molar-refractivity contribution in [2.45, 2.75) is 80.0 Å². The minimum absolute atomic E-state index is 0. The van der Waals surface area contributed by atoms with E-state index in [1.807, 2.05) is 18.5 Å². The molecule has 1 heterocycles. The van der Waals surface area contributed by atoms with E-state index in [-0.39, 0.29) is 49.4 Å². The van der Waals surface area contributed by atoms with Gasteiger partial charge < -0.3 is 24.8 Å². The van der Waals surface area contributed by atoms with Crippen LogP contribution in [-0.4, -0.2) is 37.5 Å². The smallest absolute Gasteiger partial charge is 1.00 e. The maximum atomic E-state index is 13.4. The van der Waals surface area contributed by atoms with Gasteiger partial charge in [0.1, 0.15) is 0 Å². The summed E-state index contributed by atoms with van der Waals surface area (Å²) in [4.78, 5) is 0.339. The third kappa shape index (κ3) is 7.48. The van der Waals surface area contributed by atoms with E-state index in [0.29, 0.717) is 10.7 Å². The molecule has 0 spiro atoms. The Morgan fingerprint density at radius 1 is 0.860 bits per heavy atom. The molecule has 2 aliphatic rings. The first kappa shape index (κ1) is 37.2. The summed E-state index contributed by atoms with van der Waals surface area (Å²) in [6.07, 6.45) is 1.87. The van der Waals surface area contributed by atoms with Crippen LogP contribution in [0, 0.1) is 41.5 Å². The number of hydrogen-bond acceptors (Lipinski definition) is 5. The fraction of sp³-hybridized carbons (Fsp3) is 0.424. The minimum atomic E-state index is -3.64. The number of nitrogens with zero attached hydrogens (tertiary/aromatic N) is 1. The third-order valence-electron chi connectivity index (χ3n) is 7.81. The zero-order valence-electron chi connectivity index (χ0n) is 26.6. The summed E-state index contributed by atoms with van der Waals surface area (Å²) < 4.78 is 36.2. The molecule has 1 aliphatic carbocycles. The molecule has 0 bridgehead atoms. The maximum Gasteiger partial charge on any atom is -1.00 e. The fourth-order valence-corrected chi connectivity index (χ4v) is 7.75. The quantitative estimate of drug-likeness (QED) is 0.391. The van der Waals surface area contributed by atoms with Gasteiger partial charge >= 0.3 is 257 Å². The van der Waals surface area contributed by atoms with Crippen LogP contribution in [-0.2, 0) is 32.6 Å². The van der Waals surface area contributed by atoms with Crippen molar-refractivity contribution < 1.29 is 55.8 Å². The molecule has 43 heavy (non-hydrogen) atoms. The topological polar surface area (TPSA) is 70.7 Å². The summed E-state index contributed by atoms with van der Waals surface area (Å²) in [6, 6.07) is 8.82. The molecule has 0 saturated carbocycles. The van der Waals surface area contributed by atoms with Gasteiger partial charge in [-0.05, 0) is 0 Å². The molecular weight excluding hydrogens is 690 g/mol.